The molecule has 1 aliphatic carbocycles. The van der Waals surface area contributed by atoms with Gasteiger partial charge in [-0.3, -0.25) is 14.4 Å². The third kappa shape index (κ3) is 11.6. The van der Waals surface area contributed by atoms with Crippen molar-refractivity contribution in [2.24, 2.45) is 5.73 Å². The van der Waals surface area contributed by atoms with Gasteiger partial charge in [0.15, 0.2) is 0 Å². The Bertz CT molecular complexity index is 1140. The molecule has 3 atom stereocenters. The fraction of sp³-hybridized carbons (Fsp3) is 0.559. The molecule has 236 valence electrons. The van der Waals surface area contributed by atoms with Crippen molar-refractivity contribution in [3.8, 4) is 5.75 Å². The van der Waals surface area contributed by atoms with Crippen LogP contribution in [-0.4, -0.2) is 77.6 Å². The number of piperidine rings is 1. The summed E-state index contributed by atoms with van der Waals surface area (Å²) in [6, 6.07) is 5.89. The summed E-state index contributed by atoms with van der Waals surface area (Å²) in [6.45, 7) is 3.63. The monoisotopic (exact) mass is 594 g/mol. The number of aliphatic hydroxyl groups excluding tert-OH is 1. The second-order valence-corrected chi connectivity index (χ2v) is 11.5. The third-order valence-electron chi connectivity index (χ3n) is 7.99. The first-order valence-electron chi connectivity index (χ1n) is 15.8. The topological polar surface area (TPSA) is 125 Å². The predicted molar refractivity (Wildman–Crippen MR) is 169 cm³/mol. The second-order valence-electron chi connectivity index (χ2n) is 11.5. The first-order valence-corrected chi connectivity index (χ1v) is 15.8. The van der Waals surface area contributed by atoms with E-state index >= 15 is 0 Å². The average molecular weight is 595 g/mol. The first kappa shape index (κ1) is 34.1. The van der Waals surface area contributed by atoms with Gasteiger partial charge in [0.25, 0.3) is 0 Å². The highest BCUT2D eigenvalue weighted by atomic mass is 16.5. The SMILES string of the molecule is CCCCC(=O)NC(CCC(=O)N1CCCCC1)C(=O)N(Cc1cccc(OC)c1)C[C@@H](O)[C@@H](N)CC1=CC=CCC=C1. The molecule has 2 aliphatic rings. The largest absolute Gasteiger partial charge is 0.497 e. The van der Waals surface area contributed by atoms with Gasteiger partial charge in [0.2, 0.25) is 17.7 Å². The molecule has 3 rings (SSSR count). The van der Waals surface area contributed by atoms with E-state index in [1.54, 1.807) is 12.0 Å². The van der Waals surface area contributed by atoms with E-state index in [0.717, 1.165) is 56.3 Å². The molecule has 4 N–H and O–H groups in total. The van der Waals surface area contributed by atoms with Crippen LogP contribution < -0.4 is 15.8 Å². The summed E-state index contributed by atoms with van der Waals surface area (Å²) in [6.07, 6.45) is 15.6. The maximum absolute atomic E-state index is 14.2. The predicted octanol–water partition coefficient (Wildman–Crippen LogP) is 4.01. The summed E-state index contributed by atoms with van der Waals surface area (Å²) in [5.74, 6) is 0.0885. The fourth-order valence-electron chi connectivity index (χ4n) is 5.40. The molecule has 1 saturated heterocycles. The number of unbranched alkanes of at least 4 members (excludes halogenated alkanes) is 1. The normalized spacial score (nSPS) is 16.9. The fourth-order valence-corrected chi connectivity index (χ4v) is 5.40. The summed E-state index contributed by atoms with van der Waals surface area (Å²) >= 11 is 0. The van der Waals surface area contributed by atoms with Gasteiger partial charge in [0.05, 0.1) is 13.2 Å². The molecule has 9 nitrogen and oxygen atoms in total. The van der Waals surface area contributed by atoms with Gasteiger partial charge >= 0.3 is 0 Å². The number of ether oxygens (including phenoxy) is 1. The number of hydrogen-bond donors (Lipinski definition) is 3. The molecule has 0 saturated carbocycles. The van der Waals surface area contributed by atoms with Crippen molar-refractivity contribution < 1.29 is 24.2 Å². The van der Waals surface area contributed by atoms with Crippen LogP contribution in [0.25, 0.3) is 0 Å². The number of likely N-dealkylation sites (tertiary alicyclic amines) is 1. The molecule has 3 amide bonds. The summed E-state index contributed by atoms with van der Waals surface area (Å²) in [5.41, 5.74) is 8.27. The van der Waals surface area contributed by atoms with E-state index < -0.39 is 18.2 Å². The average Bonchev–Trinajstić information content (AvgIpc) is 3.30. The second kappa shape index (κ2) is 18.3. The van der Waals surface area contributed by atoms with Crippen molar-refractivity contribution in [3.05, 3.63) is 65.8 Å². The van der Waals surface area contributed by atoms with Gasteiger partial charge in [0, 0.05) is 45.1 Å². The molecule has 0 spiro atoms. The number of carbonyl (C=O) groups is 3. The molecule has 1 fully saturated rings. The number of amides is 3. The molecular formula is C34H50N4O5. The van der Waals surface area contributed by atoms with Crippen LogP contribution in [-0.2, 0) is 20.9 Å². The van der Waals surface area contributed by atoms with Crippen molar-refractivity contribution >= 4 is 17.7 Å². The lowest BCUT2D eigenvalue weighted by atomic mass is 10.00. The van der Waals surface area contributed by atoms with Gasteiger partial charge in [-0.1, -0.05) is 55.9 Å². The number of nitrogens with two attached hydrogens (primary N) is 1. The zero-order valence-corrected chi connectivity index (χ0v) is 25.9. The van der Waals surface area contributed by atoms with Crippen molar-refractivity contribution in [1.29, 1.82) is 0 Å². The number of methoxy groups -OCH3 is 1. The van der Waals surface area contributed by atoms with Crippen molar-refractivity contribution in [2.45, 2.75) is 95.9 Å². The van der Waals surface area contributed by atoms with Crippen LogP contribution in [0.5, 0.6) is 5.75 Å². The van der Waals surface area contributed by atoms with E-state index in [1.807, 2.05) is 66.5 Å². The van der Waals surface area contributed by atoms with Crippen LogP contribution in [0.2, 0.25) is 0 Å². The molecule has 1 aromatic rings. The number of nitrogens with one attached hydrogen (secondary N) is 1. The van der Waals surface area contributed by atoms with Crippen LogP contribution in [0.4, 0.5) is 0 Å². The van der Waals surface area contributed by atoms with Gasteiger partial charge in [-0.2, -0.15) is 0 Å². The lowest BCUT2D eigenvalue weighted by Gasteiger charge is -2.32. The van der Waals surface area contributed by atoms with E-state index in [-0.39, 0.29) is 43.7 Å². The maximum Gasteiger partial charge on any atom is 0.245 e. The Balaban J connectivity index is 1.80. The van der Waals surface area contributed by atoms with E-state index in [2.05, 4.69) is 5.32 Å². The van der Waals surface area contributed by atoms with E-state index in [1.165, 1.54) is 0 Å². The minimum Gasteiger partial charge on any atom is -0.497 e. The summed E-state index contributed by atoms with van der Waals surface area (Å²) in [7, 11) is 1.58. The lowest BCUT2D eigenvalue weighted by Crippen LogP contribution is -2.52. The molecule has 9 heteroatoms. The molecule has 0 bridgehead atoms. The maximum atomic E-state index is 14.2. The Morgan fingerprint density at radius 1 is 1.14 bits per heavy atom. The number of rotatable bonds is 16. The zero-order chi connectivity index (χ0) is 31.0. The van der Waals surface area contributed by atoms with Gasteiger partial charge in [-0.15, -0.1) is 0 Å². The summed E-state index contributed by atoms with van der Waals surface area (Å²) in [4.78, 5) is 43.4. The number of nitrogens with zero attached hydrogens (tertiary/aromatic N) is 2. The lowest BCUT2D eigenvalue weighted by molar-refractivity contribution is -0.139. The number of aliphatic hydroxyl groups is 1. The summed E-state index contributed by atoms with van der Waals surface area (Å²) < 4.78 is 5.38. The van der Waals surface area contributed by atoms with Crippen LogP contribution in [0, 0.1) is 0 Å². The summed E-state index contributed by atoms with van der Waals surface area (Å²) in [5, 5.41) is 14.1. The number of allylic oxidation sites excluding steroid dienone is 5. The van der Waals surface area contributed by atoms with Crippen LogP contribution in [0.3, 0.4) is 0 Å². The minimum absolute atomic E-state index is 0.000453. The first-order chi connectivity index (χ1) is 20.8. The van der Waals surface area contributed by atoms with Crippen molar-refractivity contribution in [2.75, 3.05) is 26.7 Å². The van der Waals surface area contributed by atoms with Gasteiger partial charge in [-0.05, 0) is 68.2 Å². The van der Waals surface area contributed by atoms with Crippen molar-refractivity contribution in [1.82, 2.24) is 15.1 Å². The van der Waals surface area contributed by atoms with E-state index in [0.29, 0.717) is 25.0 Å². The zero-order valence-electron chi connectivity index (χ0n) is 25.9. The molecule has 0 aromatic heterocycles. The standard InChI is InChI=1S/C34H50N4O5/c1-3-4-17-32(40)36-30(18-19-33(41)37-20-10-7-11-21-37)34(42)38(24-27-15-12-16-28(22-27)43-2)25-31(39)29(35)23-26-13-8-5-6-9-14-26/h5,8-9,12-16,22,29-31,39H,3-4,6-7,10-11,17-21,23-25,35H2,1-2H3,(H,36,40)/t29-,30?,31+/m0/s1. The van der Waals surface area contributed by atoms with Gasteiger partial charge in [-0.25, -0.2) is 0 Å². The third-order valence-corrected chi connectivity index (χ3v) is 7.99. The molecule has 1 unspecified atom stereocenters. The smallest absolute Gasteiger partial charge is 0.245 e. The number of benzene rings is 1. The Morgan fingerprint density at radius 2 is 1.93 bits per heavy atom. The van der Waals surface area contributed by atoms with Gasteiger partial charge < -0.3 is 30.7 Å². The molecule has 1 heterocycles. The minimum atomic E-state index is -1.01. The Kier molecular flexibility index (Phi) is 14.5. The Labute approximate surface area is 256 Å². The van der Waals surface area contributed by atoms with Crippen LogP contribution in [0.15, 0.2) is 60.2 Å². The van der Waals surface area contributed by atoms with Crippen molar-refractivity contribution in [3.63, 3.8) is 0 Å². The van der Waals surface area contributed by atoms with Crippen LogP contribution >= 0.6 is 0 Å². The molecule has 43 heavy (non-hydrogen) atoms. The Morgan fingerprint density at radius 3 is 2.67 bits per heavy atom. The van der Waals surface area contributed by atoms with E-state index in [4.69, 9.17) is 10.5 Å². The number of carbonyl (C=O) groups excluding carboxylic acids is 3. The van der Waals surface area contributed by atoms with E-state index in [9.17, 15) is 19.5 Å². The highest BCUT2D eigenvalue weighted by Crippen LogP contribution is 2.19. The van der Waals surface area contributed by atoms with Crippen LogP contribution in [0.1, 0.15) is 76.7 Å². The number of hydrogen-bond acceptors (Lipinski definition) is 6. The molecule has 1 aromatic carbocycles. The highest BCUT2D eigenvalue weighted by Gasteiger charge is 2.30. The Hall–Kier alpha value is -3.43. The molecule has 0 radical (unpaired) electrons. The quantitative estimate of drug-likeness (QED) is 0.266. The molecular weight excluding hydrogens is 544 g/mol. The molecule has 1 aliphatic heterocycles. The van der Waals surface area contributed by atoms with Gasteiger partial charge in [0.1, 0.15) is 11.8 Å². The highest BCUT2D eigenvalue weighted by molar-refractivity contribution is 5.88.